The third kappa shape index (κ3) is 4.94. The van der Waals surface area contributed by atoms with Crippen molar-refractivity contribution in [3.63, 3.8) is 0 Å². The van der Waals surface area contributed by atoms with Gasteiger partial charge < -0.3 is 9.88 Å². The number of amides is 1. The first-order chi connectivity index (χ1) is 9.63. The number of aromatic nitrogens is 2. The summed E-state index contributed by atoms with van der Waals surface area (Å²) in [6.07, 6.45) is 5.66. The number of carbonyl (C=O) groups excluding carboxylic acids is 1. The Kier molecular flexibility index (Phi) is 5.55. The average Bonchev–Trinajstić information content (AvgIpc) is 2.90. The van der Waals surface area contributed by atoms with Gasteiger partial charge in [-0.05, 0) is 13.8 Å². The average molecular weight is 279 g/mol. The summed E-state index contributed by atoms with van der Waals surface area (Å²) in [5.74, 6) is 0.131. The predicted molar refractivity (Wildman–Crippen MR) is 78.4 cm³/mol. The Labute approximate surface area is 120 Å². The first-order valence-corrected chi connectivity index (χ1v) is 7.33. The zero-order chi connectivity index (χ0) is 14.4. The van der Waals surface area contributed by atoms with Crippen molar-refractivity contribution in [2.24, 2.45) is 0 Å². The van der Waals surface area contributed by atoms with E-state index in [1.165, 1.54) is 0 Å². The number of imidazole rings is 1. The molecule has 2 rings (SSSR count). The van der Waals surface area contributed by atoms with Crippen LogP contribution in [0.5, 0.6) is 0 Å². The van der Waals surface area contributed by atoms with Gasteiger partial charge in [0.25, 0.3) is 0 Å². The largest absolute Gasteiger partial charge is 0.353 e. The Balaban J connectivity index is 1.63. The van der Waals surface area contributed by atoms with Crippen LogP contribution in [0.15, 0.2) is 18.7 Å². The van der Waals surface area contributed by atoms with E-state index < -0.39 is 0 Å². The van der Waals surface area contributed by atoms with E-state index in [2.05, 4.69) is 24.7 Å². The quantitative estimate of drug-likeness (QED) is 0.798. The van der Waals surface area contributed by atoms with Crippen LogP contribution in [0.25, 0.3) is 0 Å². The number of rotatable bonds is 6. The Hall–Kier alpha value is -1.40. The van der Waals surface area contributed by atoms with E-state index in [1.54, 1.807) is 0 Å². The smallest absolute Gasteiger partial charge is 0.234 e. The maximum Gasteiger partial charge on any atom is 0.234 e. The van der Waals surface area contributed by atoms with Crippen LogP contribution in [0.4, 0.5) is 0 Å². The molecular weight excluding hydrogens is 254 g/mol. The minimum atomic E-state index is 0.131. The molecule has 1 aromatic rings. The van der Waals surface area contributed by atoms with Crippen molar-refractivity contribution >= 4 is 5.91 Å². The van der Waals surface area contributed by atoms with Crippen LogP contribution in [-0.4, -0.2) is 70.6 Å². The molecule has 6 heteroatoms. The monoisotopic (exact) mass is 279 g/mol. The highest BCUT2D eigenvalue weighted by atomic mass is 16.2. The molecule has 1 aliphatic heterocycles. The summed E-state index contributed by atoms with van der Waals surface area (Å²) in [5, 5.41) is 2.94. The Morgan fingerprint density at radius 1 is 1.20 bits per heavy atom. The van der Waals surface area contributed by atoms with Crippen LogP contribution in [0.3, 0.4) is 0 Å². The summed E-state index contributed by atoms with van der Waals surface area (Å²) in [5.41, 5.74) is 0. The Bertz CT molecular complexity index is 396. The Morgan fingerprint density at radius 3 is 2.50 bits per heavy atom. The number of carbonyl (C=O) groups is 1. The molecule has 0 aliphatic carbocycles. The van der Waals surface area contributed by atoms with Crippen molar-refractivity contribution in [1.82, 2.24) is 24.7 Å². The van der Waals surface area contributed by atoms with Crippen molar-refractivity contribution in [3.8, 4) is 0 Å². The van der Waals surface area contributed by atoms with E-state index in [1.807, 2.05) is 32.6 Å². The molecule has 1 saturated heterocycles. The molecule has 0 bridgehead atoms. The van der Waals surface area contributed by atoms with Crippen molar-refractivity contribution in [2.45, 2.75) is 26.4 Å². The highest BCUT2D eigenvalue weighted by molar-refractivity contribution is 5.78. The van der Waals surface area contributed by atoms with Gasteiger partial charge in [-0.1, -0.05) is 0 Å². The van der Waals surface area contributed by atoms with Crippen LogP contribution < -0.4 is 5.32 Å². The first-order valence-electron chi connectivity index (χ1n) is 7.33. The molecule has 0 spiro atoms. The van der Waals surface area contributed by atoms with Gasteiger partial charge in [0.2, 0.25) is 5.91 Å². The minimum Gasteiger partial charge on any atom is -0.353 e. The van der Waals surface area contributed by atoms with E-state index in [0.717, 1.165) is 39.3 Å². The van der Waals surface area contributed by atoms with Gasteiger partial charge in [0, 0.05) is 57.7 Å². The maximum absolute atomic E-state index is 11.7. The second-order valence-electron chi connectivity index (χ2n) is 5.64. The fraction of sp³-hybridized carbons (Fsp3) is 0.714. The summed E-state index contributed by atoms with van der Waals surface area (Å²) >= 11 is 0. The van der Waals surface area contributed by atoms with Gasteiger partial charge >= 0.3 is 0 Å². The fourth-order valence-electron chi connectivity index (χ4n) is 2.42. The second kappa shape index (κ2) is 7.40. The summed E-state index contributed by atoms with van der Waals surface area (Å²) < 4.78 is 2.10. The third-order valence-corrected chi connectivity index (χ3v) is 3.52. The topological polar surface area (TPSA) is 53.4 Å². The van der Waals surface area contributed by atoms with Crippen LogP contribution in [0, 0.1) is 0 Å². The molecule has 0 unspecified atom stereocenters. The summed E-state index contributed by atoms with van der Waals surface area (Å²) in [6, 6.07) is 0.221. The van der Waals surface area contributed by atoms with Crippen molar-refractivity contribution in [1.29, 1.82) is 0 Å². The van der Waals surface area contributed by atoms with Gasteiger partial charge in [-0.25, -0.2) is 4.98 Å². The molecular formula is C14H25N5O. The van der Waals surface area contributed by atoms with Crippen LogP contribution in [0.2, 0.25) is 0 Å². The van der Waals surface area contributed by atoms with Crippen LogP contribution in [-0.2, 0) is 11.3 Å². The van der Waals surface area contributed by atoms with Crippen molar-refractivity contribution in [3.05, 3.63) is 18.7 Å². The Morgan fingerprint density at radius 2 is 1.90 bits per heavy atom. The zero-order valence-corrected chi connectivity index (χ0v) is 12.5. The number of hydrogen-bond donors (Lipinski definition) is 1. The van der Waals surface area contributed by atoms with E-state index in [4.69, 9.17) is 0 Å². The van der Waals surface area contributed by atoms with Gasteiger partial charge in [0.1, 0.15) is 0 Å². The number of nitrogens with zero attached hydrogens (tertiary/aromatic N) is 4. The predicted octanol–water partition coefficient (Wildman–Crippen LogP) is 0.0253. The van der Waals surface area contributed by atoms with E-state index in [9.17, 15) is 4.79 Å². The molecule has 0 saturated carbocycles. The lowest BCUT2D eigenvalue weighted by Gasteiger charge is -2.34. The lowest BCUT2D eigenvalue weighted by Crippen LogP contribution is -2.50. The lowest BCUT2D eigenvalue weighted by atomic mass is 10.3. The summed E-state index contributed by atoms with van der Waals surface area (Å²) in [7, 11) is 0. The van der Waals surface area contributed by atoms with Gasteiger partial charge in [-0.3, -0.25) is 14.6 Å². The third-order valence-electron chi connectivity index (χ3n) is 3.52. The highest BCUT2D eigenvalue weighted by Gasteiger charge is 2.18. The molecule has 1 aromatic heterocycles. The van der Waals surface area contributed by atoms with Crippen LogP contribution >= 0.6 is 0 Å². The molecule has 1 aliphatic rings. The molecule has 1 fully saturated rings. The van der Waals surface area contributed by atoms with Crippen molar-refractivity contribution < 1.29 is 4.79 Å². The molecule has 2 heterocycles. The fourth-order valence-corrected chi connectivity index (χ4v) is 2.42. The summed E-state index contributed by atoms with van der Waals surface area (Å²) in [6.45, 7) is 10.5. The van der Waals surface area contributed by atoms with Gasteiger partial charge in [-0.15, -0.1) is 0 Å². The summed E-state index contributed by atoms with van der Waals surface area (Å²) in [4.78, 5) is 20.4. The SMILES string of the molecule is CC(C)NC(=O)CN1CCN(CCn2ccnc2)CC1. The standard InChI is InChI=1S/C14H25N5O/c1-13(2)16-14(20)11-18-8-5-17(6-9-18)7-10-19-4-3-15-12-19/h3-4,12-13H,5-11H2,1-2H3,(H,16,20). The second-order valence-corrected chi connectivity index (χ2v) is 5.64. The van der Waals surface area contributed by atoms with Crippen molar-refractivity contribution in [2.75, 3.05) is 39.3 Å². The number of nitrogens with one attached hydrogen (secondary N) is 1. The van der Waals surface area contributed by atoms with E-state index in [0.29, 0.717) is 6.54 Å². The lowest BCUT2D eigenvalue weighted by molar-refractivity contribution is -0.123. The number of hydrogen-bond acceptors (Lipinski definition) is 4. The maximum atomic E-state index is 11.7. The zero-order valence-electron chi connectivity index (χ0n) is 12.5. The normalized spacial score (nSPS) is 17.6. The highest BCUT2D eigenvalue weighted by Crippen LogP contribution is 2.02. The number of piperazine rings is 1. The molecule has 6 nitrogen and oxygen atoms in total. The molecule has 0 atom stereocenters. The molecule has 0 aromatic carbocycles. The van der Waals surface area contributed by atoms with Crippen LogP contribution in [0.1, 0.15) is 13.8 Å². The van der Waals surface area contributed by atoms with Gasteiger partial charge in [0.05, 0.1) is 12.9 Å². The van der Waals surface area contributed by atoms with Gasteiger partial charge in [-0.2, -0.15) is 0 Å². The molecule has 0 radical (unpaired) electrons. The molecule has 1 amide bonds. The van der Waals surface area contributed by atoms with E-state index >= 15 is 0 Å². The molecule has 112 valence electrons. The minimum absolute atomic E-state index is 0.131. The molecule has 20 heavy (non-hydrogen) atoms. The van der Waals surface area contributed by atoms with Gasteiger partial charge in [0.15, 0.2) is 0 Å². The first kappa shape index (κ1) is 15.0. The van der Waals surface area contributed by atoms with E-state index in [-0.39, 0.29) is 11.9 Å². The molecule has 1 N–H and O–H groups in total.